The summed E-state index contributed by atoms with van der Waals surface area (Å²) in [6.45, 7) is 5.62. The summed E-state index contributed by atoms with van der Waals surface area (Å²) in [5.41, 5.74) is 4.42. The standard InChI is InChI=1S/C34H37N3O2S2/c1-33(2,3)39-31(38)30(37-32(40)36-29-23-15-14-22-28(29)35-4)24-41-34(25-16-8-5-9-17-25,26-18-10-6-11-19-26)27-20-12-7-13-21-27/h5-23,30,35H,24H2,1-4H3,(H2,36,37,40)/t30-/m0/s1. The zero-order valence-corrected chi connectivity index (χ0v) is 25.5. The highest BCUT2D eigenvalue weighted by atomic mass is 32.2. The monoisotopic (exact) mass is 583 g/mol. The van der Waals surface area contributed by atoms with E-state index in [1.54, 1.807) is 11.8 Å². The summed E-state index contributed by atoms with van der Waals surface area (Å²) >= 11 is 7.38. The number of anilines is 2. The van der Waals surface area contributed by atoms with E-state index in [4.69, 9.17) is 17.0 Å². The van der Waals surface area contributed by atoms with Crippen LogP contribution in [0.15, 0.2) is 115 Å². The van der Waals surface area contributed by atoms with Crippen LogP contribution >= 0.6 is 24.0 Å². The number of carbonyl (C=O) groups is 1. The summed E-state index contributed by atoms with van der Waals surface area (Å²) < 4.78 is 5.28. The van der Waals surface area contributed by atoms with Gasteiger partial charge in [0.25, 0.3) is 0 Å². The zero-order valence-electron chi connectivity index (χ0n) is 23.9. The zero-order chi connectivity index (χ0) is 29.3. The Kier molecular flexibility index (Phi) is 10.1. The van der Waals surface area contributed by atoms with Crippen LogP contribution in [-0.2, 0) is 14.3 Å². The molecule has 0 aliphatic rings. The van der Waals surface area contributed by atoms with E-state index in [1.807, 2.05) is 70.3 Å². The van der Waals surface area contributed by atoms with Crippen LogP contribution in [0.25, 0.3) is 0 Å². The lowest BCUT2D eigenvalue weighted by Crippen LogP contribution is -2.48. The number of carbonyl (C=O) groups excluding carboxylic acids is 1. The number of hydrogen-bond donors (Lipinski definition) is 3. The molecule has 0 spiro atoms. The van der Waals surface area contributed by atoms with Gasteiger partial charge in [-0.3, -0.25) is 0 Å². The maximum atomic E-state index is 13.6. The lowest BCUT2D eigenvalue weighted by molar-refractivity contribution is -0.156. The first-order chi connectivity index (χ1) is 19.7. The molecule has 7 heteroatoms. The Bertz CT molecular complexity index is 1330. The van der Waals surface area contributed by atoms with Crippen molar-refractivity contribution in [3.63, 3.8) is 0 Å². The van der Waals surface area contributed by atoms with Crippen LogP contribution in [0.5, 0.6) is 0 Å². The number of nitrogens with one attached hydrogen (secondary N) is 3. The molecule has 0 saturated carbocycles. The molecule has 0 fully saturated rings. The average molecular weight is 584 g/mol. The minimum Gasteiger partial charge on any atom is -0.458 e. The lowest BCUT2D eigenvalue weighted by atomic mass is 9.84. The van der Waals surface area contributed by atoms with Crippen molar-refractivity contribution < 1.29 is 9.53 Å². The molecule has 0 bridgehead atoms. The van der Waals surface area contributed by atoms with Gasteiger partial charge in [-0.05, 0) is 61.8 Å². The van der Waals surface area contributed by atoms with E-state index in [1.165, 1.54) is 0 Å². The molecular weight excluding hydrogens is 547 g/mol. The van der Waals surface area contributed by atoms with E-state index in [9.17, 15) is 4.79 Å². The first kappa shape index (κ1) is 30.2. The molecule has 4 aromatic carbocycles. The van der Waals surface area contributed by atoms with Gasteiger partial charge >= 0.3 is 5.97 Å². The normalized spacial score (nSPS) is 12.2. The first-order valence-electron chi connectivity index (χ1n) is 13.6. The summed E-state index contributed by atoms with van der Waals surface area (Å²) in [6, 6.07) is 38.3. The first-order valence-corrected chi connectivity index (χ1v) is 15.0. The summed E-state index contributed by atoms with van der Waals surface area (Å²) in [5, 5.41) is 10.0. The van der Waals surface area contributed by atoms with Gasteiger partial charge in [0.1, 0.15) is 11.6 Å². The Morgan fingerprint density at radius 3 is 1.63 bits per heavy atom. The van der Waals surface area contributed by atoms with Crippen molar-refractivity contribution >= 4 is 46.4 Å². The molecule has 0 heterocycles. The predicted octanol–water partition coefficient (Wildman–Crippen LogP) is 7.45. The molecule has 4 rings (SSSR count). The highest BCUT2D eigenvalue weighted by Crippen LogP contribution is 2.48. The topological polar surface area (TPSA) is 62.4 Å². The van der Waals surface area contributed by atoms with Gasteiger partial charge in [-0.1, -0.05) is 103 Å². The van der Waals surface area contributed by atoms with Crippen LogP contribution in [0.2, 0.25) is 0 Å². The van der Waals surface area contributed by atoms with E-state index in [-0.39, 0.29) is 5.97 Å². The van der Waals surface area contributed by atoms with Crippen LogP contribution in [0.3, 0.4) is 0 Å². The minimum atomic E-state index is -0.712. The molecule has 0 aliphatic heterocycles. The Balaban J connectivity index is 1.71. The third-order valence-corrected chi connectivity index (χ3v) is 8.31. The second-order valence-corrected chi connectivity index (χ2v) is 12.2. The van der Waals surface area contributed by atoms with Gasteiger partial charge < -0.3 is 20.7 Å². The number of benzene rings is 4. The van der Waals surface area contributed by atoms with Crippen molar-refractivity contribution in [2.75, 3.05) is 23.4 Å². The van der Waals surface area contributed by atoms with E-state index in [0.29, 0.717) is 10.9 Å². The molecule has 0 saturated heterocycles. The molecule has 41 heavy (non-hydrogen) atoms. The van der Waals surface area contributed by atoms with Gasteiger partial charge in [-0.25, -0.2) is 4.79 Å². The van der Waals surface area contributed by atoms with E-state index in [2.05, 4.69) is 88.7 Å². The fourth-order valence-electron chi connectivity index (χ4n) is 4.65. The summed E-state index contributed by atoms with van der Waals surface area (Å²) in [5.74, 6) is 0.0300. The van der Waals surface area contributed by atoms with Crippen molar-refractivity contribution in [2.45, 2.75) is 37.2 Å². The molecule has 212 valence electrons. The van der Waals surface area contributed by atoms with Gasteiger partial charge in [0.2, 0.25) is 0 Å². The molecule has 0 aromatic heterocycles. The SMILES string of the molecule is CNc1ccccc1NC(=S)N[C@@H](CSC(c1ccccc1)(c1ccccc1)c1ccccc1)C(=O)OC(C)(C)C. The highest BCUT2D eigenvalue weighted by Gasteiger charge is 2.39. The molecule has 1 atom stereocenters. The van der Waals surface area contributed by atoms with E-state index >= 15 is 0 Å². The van der Waals surface area contributed by atoms with Crippen LogP contribution in [0.4, 0.5) is 11.4 Å². The third kappa shape index (κ3) is 7.69. The Morgan fingerprint density at radius 2 is 1.20 bits per heavy atom. The second kappa shape index (κ2) is 13.7. The average Bonchev–Trinajstić information content (AvgIpc) is 2.98. The molecule has 5 nitrogen and oxygen atoms in total. The van der Waals surface area contributed by atoms with Crippen molar-refractivity contribution in [2.24, 2.45) is 0 Å². The fraction of sp³-hybridized carbons (Fsp3) is 0.235. The van der Waals surface area contributed by atoms with Gasteiger partial charge in [0, 0.05) is 12.8 Å². The van der Waals surface area contributed by atoms with Crippen LogP contribution in [0.1, 0.15) is 37.5 Å². The fourth-order valence-corrected chi connectivity index (χ4v) is 6.44. The highest BCUT2D eigenvalue weighted by molar-refractivity contribution is 8.00. The molecule has 4 aromatic rings. The Morgan fingerprint density at radius 1 is 0.756 bits per heavy atom. The minimum absolute atomic E-state index is 0.342. The molecular formula is C34H37N3O2S2. The lowest BCUT2D eigenvalue weighted by Gasteiger charge is -2.36. The largest absolute Gasteiger partial charge is 0.458 e. The van der Waals surface area contributed by atoms with E-state index < -0.39 is 16.4 Å². The number of ether oxygens (including phenoxy) is 1. The van der Waals surface area contributed by atoms with Gasteiger partial charge in [0.05, 0.1) is 16.1 Å². The van der Waals surface area contributed by atoms with Crippen molar-refractivity contribution in [1.82, 2.24) is 5.32 Å². The number of thiocarbonyl (C=S) groups is 1. The molecule has 0 radical (unpaired) electrons. The van der Waals surface area contributed by atoms with Gasteiger partial charge in [0.15, 0.2) is 5.11 Å². The Hall–Kier alpha value is -3.81. The summed E-state index contributed by atoms with van der Waals surface area (Å²) in [4.78, 5) is 13.6. The maximum absolute atomic E-state index is 13.6. The van der Waals surface area contributed by atoms with Crippen molar-refractivity contribution in [3.8, 4) is 0 Å². The summed E-state index contributed by atoms with van der Waals surface area (Å²) in [6.07, 6.45) is 0. The number of esters is 1. The number of para-hydroxylation sites is 2. The third-order valence-electron chi connectivity index (χ3n) is 6.45. The molecule has 3 N–H and O–H groups in total. The molecule has 0 amide bonds. The van der Waals surface area contributed by atoms with Crippen molar-refractivity contribution in [3.05, 3.63) is 132 Å². The van der Waals surface area contributed by atoms with Crippen LogP contribution in [-0.4, -0.2) is 35.5 Å². The molecule has 0 aliphatic carbocycles. The maximum Gasteiger partial charge on any atom is 0.330 e. The number of thioether (sulfide) groups is 1. The van der Waals surface area contributed by atoms with Crippen LogP contribution in [0, 0.1) is 0 Å². The second-order valence-electron chi connectivity index (χ2n) is 10.6. The van der Waals surface area contributed by atoms with Gasteiger partial charge in [-0.2, -0.15) is 0 Å². The smallest absolute Gasteiger partial charge is 0.330 e. The number of hydrogen-bond acceptors (Lipinski definition) is 5. The van der Waals surface area contributed by atoms with Crippen molar-refractivity contribution in [1.29, 1.82) is 0 Å². The molecule has 0 unspecified atom stereocenters. The quantitative estimate of drug-likeness (QED) is 0.102. The number of rotatable bonds is 10. The van der Waals surface area contributed by atoms with Gasteiger partial charge in [-0.15, -0.1) is 11.8 Å². The predicted molar refractivity (Wildman–Crippen MR) is 177 cm³/mol. The van der Waals surface area contributed by atoms with E-state index in [0.717, 1.165) is 28.1 Å². The Labute approximate surface area is 253 Å². The van der Waals surface area contributed by atoms with Crippen LogP contribution < -0.4 is 16.0 Å². The summed E-state index contributed by atoms with van der Waals surface area (Å²) in [7, 11) is 1.85.